The lowest BCUT2D eigenvalue weighted by molar-refractivity contribution is -0.0199. The SMILES string of the molecule is NCCC(F)(F)c1ncc(Br)cn1. The largest absolute Gasteiger partial charge is 0.330 e. The van der Waals surface area contributed by atoms with Crippen LogP contribution in [0.25, 0.3) is 0 Å². The van der Waals surface area contributed by atoms with Gasteiger partial charge in [0.25, 0.3) is 0 Å². The number of aromatic nitrogens is 2. The Balaban J connectivity index is 2.87. The Kier molecular flexibility index (Phi) is 3.27. The van der Waals surface area contributed by atoms with Gasteiger partial charge in [-0.1, -0.05) is 0 Å². The van der Waals surface area contributed by atoms with E-state index in [1.165, 1.54) is 12.4 Å². The molecule has 0 saturated carbocycles. The van der Waals surface area contributed by atoms with Crippen LogP contribution in [0, 0.1) is 0 Å². The highest BCUT2D eigenvalue weighted by Gasteiger charge is 2.33. The van der Waals surface area contributed by atoms with Gasteiger partial charge in [0.2, 0.25) is 0 Å². The fourth-order valence-corrected chi connectivity index (χ4v) is 0.999. The van der Waals surface area contributed by atoms with E-state index in [1.54, 1.807) is 0 Å². The highest BCUT2D eigenvalue weighted by Crippen LogP contribution is 2.27. The molecule has 1 aromatic rings. The Bertz CT molecular complexity index is 276. The molecule has 13 heavy (non-hydrogen) atoms. The van der Waals surface area contributed by atoms with Gasteiger partial charge in [0.15, 0.2) is 5.82 Å². The molecule has 0 saturated heterocycles. The van der Waals surface area contributed by atoms with Crippen LogP contribution in [0.5, 0.6) is 0 Å². The van der Waals surface area contributed by atoms with Gasteiger partial charge >= 0.3 is 5.92 Å². The van der Waals surface area contributed by atoms with Gasteiger partial charge in [-0.05, 0) is 22.5 Å². The van der Waals surface area contributed by atoms with E-state index in [-0.39, 0.29) is 6.54 Å². The van der Waals surface area contributed by atoms with Crippen LogP contribution in [0.4, 0.5) is 8.78 Å². The normalized spacial score (nSPS) is 11.7. The van der Waals surface area contributed by atoms with E-state index in [9.17, 15) is 8.78 Å². The van der Waals surface area contributed by atoms with Crippen LogP contribution in [-0.4, -0.2) is 16.5 Å². The van der Waals surface area contributed by atoms with Gasteiger partial charge < -0.3 is 5.73 Å². The van der Waals surface area contributed by atoms with Gasteiger partial charge in [-0.2, -0.15) is 8.78 Å². The van der Waals surface area contributed by atoms with Gasteiger partial charge in [-0.25, -0.2) is 9.97 Å². The Morgan fingerprint density at radius 2 is 1.92 bits per heavy atom. The molecular formula is C7H8BrF2N3. The second-order valence-electron chi connectivity index (χ2n) is 2.47. The summed E-state index contributed by atoms with van der Waals surface area (Å²) >= 11 is 3.06. The lowest BCUT2D eigenvalue weighted by Crippen LogP contribution is -2.21. The summed E-state index contributed by atoms with van der Waals surface area (Å²) in [5, 5.41) is 0. The zero-order chi connectivity index (χ0) is 9.90. The van der Waals surface area contributed by atoms with E-state index < -0.39 is 18.2 Å². The van der Waals surface area contributed by atoms with E-state index >= 15 is 0 Å². The van der Waals surface area contributed by atoms with Gasteiger partial charge in [0.05, 0.1) is 4.47 Å². The number of nitrogens with two attached hydrogens (primary N) is 1. The molecule has 6 heteroatoms. The molecule has 0 atom stereocenters. The standard InChI is InChI=1S/C7H8BrF2N3/c8-5-3-12-6(13-4-5)7(9,10)1-2-11/h3-4H,1-2,11H2. The molecule has 3 nitrogen and oxygen atoms in total. The lowest BCUT2D eigenvalue weighted by atomic mass is 10.2. The number of rotatable bonds is 3. The van der Waals surface area contributed by atoms with Crippen molar-refractivity contribution < 1.29 is 8.78 Å². The second-order valence-corrected chi connectivity index (χ2v) is 3.38. The Morgan fingerprint density at radius 3 is 2.38 bits per heavy atom. The van der Waals surface area contributed by atoms with Crippen LogP contribution in [0.1, 0.15) is 12.2 Å². The molecule has 1 heterocycles. The van der Waals surface area contributed by atoms with Crippen molar-refractivity contribution in [2.75, 3.05) is 6.54 Å². The van der Waals surface area contributed by atoms with Crippen molar-refractivity contribution >= 4 is 15.9 Å². The lowest BCUT2D eigenvalue weighted by Gasteiger charge is -2.12. The number of halogens is 3. The summed E-state index contributed by atoms with van der Waals surface area (Å²) in [6.07, 6.45) is 2.13. The predicted octanol–water partition coefficient (Wildman–Crippen LogP) is 1.68. The van der Waals surface area contributed by atoms with Crippen LogP contribution >= 0.6 is 15.9 Å². The first-order chi connectivity index (χ1) is 6.06. The molecule has 0 amide bonds. The summed E-state index contributed by atoms with van der Waals surface area (Å²) in [5.74, 6) is -3.52. The van der Waals surface area contributed by atoms with Gasteiger partial charge in [-0.3, -0.25) is 0 Å². The van der Waals surface area contributed by atoms with Crippen LogP contribution in [-0.2, 0) is 5.92 Å². The first-order valence-electron chi connectivity index (χ1n) is 3.62. The van der Waals surface area contributed by atoms with Crippen molar-refractivity contribution in [3.8, 4) is 0 Å². The fraction of sp³-hybridized carbons (Fsp3) is 0.429. The van der Waals surface area contributed by atoms with E-state index in [1.807, 2.05) is 0 Å². The summed E-state index contributed by atoms with van der Waals surface area (Å²) < 4.78 is 26.7. The summed E-state index contributed by atoms with van der Waals surface area (Å²) in [5.41, 5.74) is 5.04. The fourth-order valence-electron chi connectivity index (χ4n) is 0.794. The summed E-state index contributed by atoms with van der Waals surface area (Å²) in [7, 11) is 0. The van der Waals surface area contributed by atoms with Gasteiger partial charge in [0.1, 0.15) is 0 Å². The number of hydrogen-bond donors (Lipinski definition) is 1. The van der Waals surface area contributed by atoms with Crippen molar-refractivity contribution in [1.29, 1.82) is 0 Å². The Morgan fingerprint density at radius 1 is 1.38 bits per heavy atom. The minimum absolute atomic E-state index is 0.0908. The molecule has 0 aliphatic rings. The molecule has 0 unspecified atom stereocenters. The molecule has 0 bridgehead atoms. The molecule has 0 spiro atoms. The highest BCUT2D eigenvalue weighted by atomic mass is 79.9. The zero-order valence-electron chi connectivity index (χ0n) is 6.67. The average molecular weight is 252 g/mol. The van der Waals surface area contributed by atoms with E-state index in [4.69, 9.17) is 5.73 Å². The summed E-state index contributed by atoms with van der Waals surface area (Å²) in [6, 6.07) is 0. The van der Waals surface area contributed by atoms with Crippen LogP contribution in [0.2, 0.25) is 0 Å². The smallest absolute Gasteiger partial charge is 0.307 e. The van der Waals surface area contributed by atoms with Crippen molar-refractivity contribution in [2.24, 2.45) is 5.73 Å². The maximum absolute atomic E-state index is 13.1. The zero-order valence-corrected chi connectivity index (χ0v) is 8.26. The molecule has 1 rings (SSSR count). The quantitative estimate of drug-likeness (QED) is 0.890. The molecule has 72 valence electrons. The number of nitrogens with zero attached hydrogens (tertiary/aromatic N) is 2. The van der Waals surface area contributed by atoms with Gasteiger partial charge in [-0.15, -0.1) is 0 Å². The molecule has 0 fully saturated rings. The molecule has 0 radical (unpaired) electrons. The Labute approximate surface area is 82.5 Å². The van der Waals surface area contributed by atoms with Crippen molar-refractivity contribution in [1.82, 2.24) is 9.97 Å². The maximum atomic E-state index is 13.1. The molecule has 0 aromatic carbocycles. The molecule has 1 aromatic heterocycles. The third kappa shape index (κ3) is 2.67. The summed E-state index contributed by atoms with van der Waals surface area (Å²) in [4.78, 5) is 7.01. The van der Waals surface area contributed by atoms with E-state index in [0.717, 1.165) is 0 Å². The van der Waals surface area contributed by atoms with Gasteiger partial charge in [0, 0.05) is 18.8 Å². The Hall–Kier alpha value is -0.620. The minimum Gasteiger partial charge on any atom is -0.330 e. The first kappa shape index (κ1) is 10.5. The molecule has 2 N–H and O–H groups in total. The predicted molar refractivity (Wildman–Crippen MR) is 47.3 cm³/mol. The third-order valence-electron chi connectivity index (χ3n) is 1.41. The molecule has 0 aliphatic carbocycles. The minimum atomic E-state index is -3.03. The second kappa shape index (κ2) is 4.06. The van der Waals surface area contributed by atoms with Crippen LogP contribution in [0.15, 0.2) is 16.9 Å². The van der Waals surface area contributed by atoms with Crippen molar-refractivity contribution in [3.63, 3.8) is 0 Å². The maximum Gasteiger partial charge on any atom is 0.307 e. The van der Waals surface area contributed by atoms with E-state index in [2.05, 4.69) is 25.9 Å². The average Bonchev–Trinajstić information content (AvgIpc) is 2.05. The van der Waals surface area contributed by atoms with E-state index in [0.29, 0.717) is 4.47 Å². The van der Waals surface area contributed by atoms with Crippen molar-refractivity contribution in [3.05, 3.63) is 22.7 Å². The monoisotopic (exact) mass is 251 g/mol. The number of hydrogen-bond acceptors (Lipinski definition) is 3. The third-order valence-corrected chi connectivity index (χ3v) is 1.82. The molecular weight excluding hydrogens is 244 g/mol. The topological polar surface area (TPSA) is 51.8 Å². The molecule has 0 aliphatic heterocycles. The first-order valence-corrected chi connectivity index (χ1v) is 4.41. The summed E-state index contributed by atoms with van der Waals surface area (Å²) in [6.45, 7) is -0.0908. The van der Waals surface area contributed by atoms with Crippen LogP contribution in [0.3, 0.4) is 0 Å². The van der Waals surface area contributed by atoms with Crippen molar-refractivity contribution in [2.45, 2.75) is 12.3 Å². The number of alkyl halides is 2. The highest BCUT2D eigenvalue weighted by molar-refractivity contribution is 9.10. The van der Waals surface area contributed by atoms with Crippen LogP contribution < -0.4 is 5.73 Å².